The fourth-order valence-electron chi connectivity index (χ4n) is 5.52. The lowest BCUT2D eigenvalue weighted by molar-refractivity contribution is -0.125. The molecule has 3 aliphatic heterocycles. The van der Waals surface area contributed by atoms with Gasteiger partial charge in [-0.2, -0.15) is 0 Å². The van der Waals surface area contributed by atoms with Crippen molar-refractivity contribution in [2.75, 3.05) is 57.4 Å². The van der Waals surface area contributed by atoms with Crippen LogP contribution in [0.2, 0.25) is 0 Å². The third kappa shape index (κ3) is 4.98. The molecule has 4 aliphatic rings. The second-order valence-corrected chi connectivity index (χ2v) is 9.63. The zero-order chi connectivity index (χ0) is 21.0. The minimum atomic E-state index is 0.0788. The summed E-state index contributed by atoms with van der Waals surface area (Å²) >= 11 is 0. The van der Waals surface area contributed by atoms with Gasteiger partial charge in [0.15, 0.2) is 11.6 Å². The molecule has 7 heteroatoms. The number of rotatable bonds is 6. The molecule has 170 valence electrons. The third-order valence-corrected chi connectivity index (χ3v) is 7.60. The van der Waals surface area contributed by atoms with E-state index in [0.717, 1.165) is 82.6 Å². The first-order chi connectivity index (χ1) is 15.3. The molecule has 1 N–H and O–H groups in total. The molecular formula is C24H36N4O3. The lowest BCUT2D eigenvalue weighted by atomic mass is 9.83. The van der Waals surface area contributed by atoms with Crippen LogP contribution in [0.4, 0.5) is 5.82 Å². The molecule has 1 atom stereocenters. The Morgan fingerprint density at radius 3 is 2.71 bits per heavy atom. The lowest BCUT2D eigenvalue weighted by Crippen LogP contribution is -2.47. The molecule has 3 fully saturated rings. The van der Waals surface area contributed by atoms with Crippen LogP contribution in [0.3, 0.4) is 0 Å². The smallest absolute Gasteiger partial charge is 0.225 e. The van der Waals surface area contributed by atoms with E-state index in [1.54, 1.807) is 0 Å². The van der Waals surface area contributed by atoms with E-state index in [0.29, 0.717) is 12.6 Å². The number of aromatic nitrogens is 1. The Labute approximate surface area is 185 Å². The van der Waals surface area contributed by atoms with Crippen LogP contribution in [0.25, 0.3) is 0 Å². The summed E-state index contributed by atoms with van der Waals surface area (Å²) in [5.41, 5.74) is 1.30. The van der Waals surface area contributed by atoms with Gasteiger partial charge in [0, 0.05) is 57.0 Å². The Morgan fingerprint density at radius 2 is 1.94 bits per heavy atom. The van der Waals surface area contributed by atoms with Gasteiger partial charge in [0.25, 0.3) is 0 Å². The number of nitrogens with zero attached hydrogens (tertiary/aromatic N) is 3. The number of fused-ring (bicyclic) bond motifs is 1. The fourth-order valence-corrected chi connectivity index (χ4v) is 5.52. The largest absolute Gasteiger partial charge is 0.489 e. The Bertz CT molecular complexity index is 751. The number of carbonyl (C=O) groups is 1. The number of pyridine rings is 1. The molecule has 1 aromatic rings. The maximum absolute atomic E-state index is 12.3. The summed E-state index contributed by atoms with van der Waals surface area (Å²) in [6, 6.07) is 2.46. The van der Waals surface area contributed by atoms with Gasteiger partial charge in [-0.15, -0.1) is 0 Å². The Balaban J connectivity index is 1.01. The first-order valence-electron chi connectivity index (χ1n) is 12.2. The standard InChI is InChI=1S/C24H36N4O3/c29-24(20-7-15-30-17-20)26-21-3-1-18(2-4-21)6-10-27-11-13-28(14-12-27)23-22-19(5-9-25-23)8-16-31-22/h5,9,18,20-21H,1-4,6-8,10-17H2,(H,26,29)/t18-,20?,21-. The van der Waals surface area contributed by atoms with Crippen molar-refractivity contribution in [1.82, 2.24) is 15.2 Å². The van der Waals surface area contributed by atoms with Gasteiger partial charge >= 0.3 is 0 Å². The van der Waals surface area contributed by atoms with Gasteiger partial charge in [-0.3, -0.25) is 9.69 Å². The van der Waals surface area contributed by atoms with Crippen LogP contribution >= 0.6 is 0 Å². The predicted octanol–water partition coefficient (Wildman–Crippen LogP) is 2.24. The van der Waals surface area contributed by atoms with Crippen molar-refractivity contribution < 1.29 is 14.3 Å². The Kier molecular flexibility index (Phi) is 6.60. The van der Waals surface area contributed by atoms with Gasteiger partial charge in [-0.25, -0.2) is 4.98 Å². The lowest BCUT2D eigenvalue weighted by Gasteiger charge is -2.37. The monoisotopic (exact) mass is 428 g/mol. The van der Waals surface area contributed by atoms with Crippen LogP contribution in [0.1, 0.15) is 44.1 Å². The van der Waals surface area contributed by atoms with Gasteiger partial charge in [-0.05, 0) is 57.1 Å². The van der Waals surface area contributed by atoms with Crippen molar-refractivity contribution in [3.8, 4) is 5.75 Å². The molecule has 7 nitrogen and oxygen atoms in total. The molecule has 1 saturated carbocycles. The summed E-state index contributed by atoms with van der Waals surface area (Å²) in [5.74, 6) is 3.14. The van der Waals surface area contributed by atoms with Crippen LogP contribution < -0.4 is 15.0 Å². The molecule has 1 aliphatic carbocycles. The van der Waals surface area contributed by atoms with Crippen molar-refractivity contribution in [2.24, 2.45) is 11.8 Å². The highest BCUT2D eigenvalue weighted by Gasteiger charge is 2.29. The molecular weight excluding hydrogens is 392 g/mol. The molecule has 0 aromatic carbocycles. The first kappa shape index (κ1) is 21.0. The summed E-state index contributed by atoms with van der Waals surface area (Å²) in [7, 11) is 0. The van der Waals surface area contributed by atoms with E-state index >= 15 is 0 Å². The van der Waals surface area contributed by atoms with E-state index in [2.05, 4.69) is 26.2 Å². The van der Waals surface area contributed by atoms with Crippen molar-refractivity contribution in [3.63, 3.8) is 0 Å². The summed E-state index contributed by atoms with van der Waals surface area (Å²) in [4.78, 5) is 21.9. The van der Waals surface area contributed by atoms with Crippen molar-refractivity contribution in [1.29, 1.82) is 0 Å². The molecule has 31 heavy (non-hydrogen) atoms. The summed E-state index contributed by atoms with van der Waals surface area (Å²) in [5, 5.41) is 3.27. The normalized spacial score (nSPS) is 28.9. The maximum Gasteiger partial charge on any atom is 0.225 e. The topological polar surface area (TPSA) is 66.9 Å². The van der Waals surface area contributed by atoms with Gasteiger partial charge in [-0.1, -0.05) is 0 Å². The number of anilines is 1. The Morgan fingerprint density at radius 1 is 1.10 bits per heavy atom. The van der Waals surface area contributed by atoms with Crippen molar-refractivity contribution in [3.05, 3.63) is 17.8 Å². The average Bonchev–Trinajstić information content (AvgIpc) is 3.51. The van der Waals surface area contributed by atoms with Gasteiger partial charge in [0.2, 0.25) is 5.91 Å². The molecule has 1 unspecified atom stereocenters. The van der Waals surface area contributed by atoms with E-state index in [1.165, 1.54) is 31.4 Å². The van der Waals surface area contributed by atoms with Crippen LogP contribution in [0.15, 0.2) is 12.3 Å². The maximum atomic E-state index is 12.3. The van der Waals surface area contributed by atoms with Gasteiger partial charge in [0.05, 0.1) is 19.1 Å². The fraction of sp³-hybridized carbons (Fsp3) is 0.750. The molecule has 0 radical (unpaired) electrons. The molecule has 1 aromatic heterocycles. The number of ether oxygens (including phenoxy) is 2. The zero-order valence-corrected chi connectivity index (χ0v) is 18.6. The number of carbonyl (C=O) groups excluding carboxylic acids is 1. The summed E-state index contributed by atoms with van der Waals surface area (Å²) in [6.45, 7) is 7.55. The zero-order valence-electron chi connectivity index (χ0n) is 18.6. The molecule has 0 bridgehead atoms. The average molecular weight is 429 g/mol. The first-order valence-corrected chi connectivity index (χ1v) is 12.2. The molecule has 4 heterocycles. The van der Waals surface area contributed by atoms with Crippen LogP contribution in [-0.4, -0.2) is 74.4 Å². The predicted molar refractivity (Wildman–Crippen MR) is 120 cm³/mol. The van der Waals surface area contributed by atoms with E-state index in [9.17, 15) is 4.79 Å². The minimum Gasteiger partial charge on any atom is -0.489 e. The van der Waals surface area contributed by atoms with E-state index in [1.807, 2.05) is 6.20 Å². The molecule has 0 spiro atoms. The number of amides is 1. The second-order valence-electron chi connectivity index (χ2n) is 9.63. The number of piperazine rings is 1. The highest BCUT2D eigenvalue weighted by atomic mass is 16.5. The van der Waals surface area contributed by atoms with Crippen LogP contribution in [-0.2, 0) is 16.0 Å². The number of hydrogen-bond acceptors (Lipinski definition) is 6. The SMILES string of the molecule is O=C(N[C@H]1CC[C@H](CCN2CCN(c3nccc4c3OCC4)CC2)CC1)C1CCOC1. The van der Waals surface area contributed by atoms with E-state index < -0.39 is 0 Å². The van der Waals surface area contributed by atoms with Crippen LogP contribution in [0, 0.1) is 11.8 Å². The molecule has 1 amide bonds. The third-order valence-electron chi connectivity index (χ3n) is 7.60. The summed E-state index contributed by atoms with van der Waals surface area (Å²) in [6.07, 6.45) is 9.82. The highest BCUT2D eigenvalue weighted by molar-refractivity contribution is 5.79. The number of hydrogen-bond donors (Lipinski definition) is 1. The molecule has 5 rings (SSSR count). The quantitative estimate of drug-likeness (QED) is 0.750. The minimum absolute atomic E-state index is 0.0788. The van der Waals surface area contributed by atoms with E-state index in [-0.39, 0.29) is 11.8 Å². The van der Waals surface area contributed by atoms with Gasteiger partial charge < -0.3 is 19.7 Å². The van der Waals surface area contributed by atoms with E-state index in [4.69, 9.17) is 9.47 Å². The van der Waals surface area contributed by atoms with Gasteiger partial charge in [0.1, 0.15) is 0 Å². The van der Waals surface area contributed by atoms with Crippen molar-refractivity contribution >= 4 is 11.7 Å². The Hall–Kier alpha value is -1.86. The number of nitrogens with one attached hydrogen (secondary N) is 1. The highest BCUT2D eigenvalue weighted by Crippen LogP contribution is 2.34. The second kappa shape index (κ2) is 9.74. The van der Waals surface area contributed by atoms with Crippen LogP contribution in [0.5, 0.6) is 5.75 Å². The summed E-state index contributed by atoms with van der Waals surface area (Å²) < 4.78 is 11.2. The molecule has 2 saturated heterocycles. The van der Waals surface area contributed by atoms with Crippen molar-refractivity contribution in [2.45, 2.75) is 51.0 Å².